The molecular formula is C21H25N5O2S. The van der Waals surface area contributed by atoms with Crippen LogP contribution in [0.3, 0.4) is 0 Å². The Hall–Kier alpha value is -2.92. The second-order valence-corrected chi connectivity index (χ2v) is 7.77. The minimum absolute atomic E-state index is 0.0706. The number of benzene rings is 1. The Balaban J connectivity index is 2.23. The van der Waals surface area contributed by atoms with Crippen LogP contribution in [0.2, 0.25) is 0 Å². The van der Waals surface area contributed by atoms with Crippen molar-refractivity contribution < 1.29 is 9.53 Å². The van der Waals surface area contributed by atoms with Crippen molar-refractivity contribution in [1.82, 2.24) is 9.80 Å². The second-order valence-electron chi connectivity index (χ2n) is 6.79. The molecule has 0 aliphatic carbocycles. The van der Waals surface area contributed by atoms with Gasteiger partial charge in [-0.05, 0) is 62.7 Å². The minimum atomic E-state index is -0.458. The summed E-state index contributed by atoms with van der Waals surface area (Å²) < 4.78 is 5.34. The van der Waals surface area contributed by atoms with E-state index in [1.807, 2.05) is 50.8 Å². The number of thioether (sulfide) groups is 1. The summed E-state index contributed by atoms with van der Waals surface area (Å²) in [5.74, 6) is 0.998. The normalized spacial score (nSPS) is 18.4. The lowest BCUT2D eigenvalue weighted by Gasteiger charge is -2.37. The first-order valence-corrected chi connectivity index (χ1v) is 10.3. The molecule has 1 atom stereocenters. The van der Waals surface area contributed by atoms with E-state index >= 15 is 0 Å². The molecule has 0 fully saturated rings. The molecule has 0 aromatic heterocycles. The van der Waals surface area contributed by atoms with E-state index in [1.165, 1.54) is 11.8 Å². The highest BCUT2D eigenvalue weighted by Gasteiger charge is 2.43. The van der Waals surface area contributed by atoms with Crippen molar-refractivity contribution in [2.45, 2.75) is 33.7 Å². The molecule has 0 bridgehead atoms. The van der Waals surface area contributed by atoms with Gasteiger partial charge in [-0.25, -0.2) is 4.99 Å². The number of fused-ring (bicyclic) bond motifs is 1. The molecule has 7 nitrogen and oxygen atoms in total. The minimum Gasteiger partial charge on any atom is -0.497 e. The van der Waals surface area contributed by atoms with Gasteiger partial charge in [0.25, 0.3) is 5.91 Å². The van der Waals surface area contributed by atoms with Crippen LogP contribution in [-0.2, 0) is 4.79 Å². The molecule has 2 aliphatic heterocycles. The van der Waals surface area contributed by atoms with Crippen molar-refractivity contribution in [2.24, 2.45) is 10.7 Å². The third-order valence-electron chi connectivity index (χ3n) is 5.23. The molecule has 2 aliphatic rings. The molecule has 0 unspecified atom stereocenters. The lowest BCUT2D eigenvalue weighted by Crippen LogP contribution is -2.42. The number of aryl methyl sites for hydroxylation is 1. The Morgan fingerprint density at radius 3 is 2.62 bits per heavy atom. The number of likely N-dealkylation sites (N-methyl/N-ethyl adjacent to an activating group) is 1. The zero-order valence-electron chi connectivity index (χ0n) is 17.3. The summed E-state index contributed by atoms with van der Waals surface area (Å²) in [5, 5.41) is 10.1. The average Bonchev–Trinajstić information content (AvgIpc) is 3.03. The number of nitrogens with zero attached hydrogens (tertiary/aromatic N) is 4. The fourth-order valence-corrected chi connectivity index (χ4v) is 4.59. The van der Waals surface area contributed by atoms with Crippen LogP contribution in [0.5, 0.6) is 5.75 Å². The summed E-state index contributed by atoms with van der Waals surface area (Å²) in [5.41, 5.74) is 9.46. The van der Waals surface area contributed by atoms with E-state index in [9.17, 15) is 10.1 Å². The van der Waals surface area contributed by atoms with Crippen LogP contribution in [-0.4, -0.2) is 41.1 Å². The summed E-state index contributed by atoms with van der Waals surface area (Å²) in [4.78, 5) is 22.1. The summed E-state index contributed by atoms with van der Waals surface area (Å²) in [6.45, 7) is 8.92. The molecule has 3 rings (SSSR count). The van der Waals surface area contributed by atoms with Crippen molar-refractivity contribution in [3.63, 3.8) is 0 Å². The number of nitriles is 1. The van der Waals surface area contributed by atoms with Gasteiger partial charge in [0.1, 0.15) is 22.5 Å². The molecule has 0 spiro atoms. The van der Waals surface area contributed by atoms with Crippen LogP contribution in [0.15, 0.2) is 45.2 Å². The van der Waals surface area contributed by atoms with Crippen molar-refractivity contribution in [3.05, 3.63) is 51.3 Å². The van der Waals surface area contributed by atoms with Gasteiger partial charge in [0.05, 0.1) is 24.4 Å². The summed E-state index contributed by atoms with van der Waals surface area (Å²) in [6, 6.07) is 7.44. The molecule has 0 saturated carbocycles. The molecule has 8 heteroatoms. The first kappa shape index (κ1) is 20.8. The quantitative estimate of drug-likeness (QED) is 0.799. The van der Waals surface area contributed by atoms with Crippen LogP contribution in [0.4, 0.5) is 0 Å². The van der Waals surface area contributed by atoms with Crippen LogP contribution in [0.25, 0.3) is 0 Å². The Bertz CT molecular complexity index is 985. The second kappa shape index (κ2) is 8.21. The molecule has 0 saturated heterocycles. The number of aliphatic imine (C=N–C) groups is 1. The van der Waals surface area contributed by atoms with Gasteiger partial charge in [-0.2, -0.15) is 5.26 Å². The Labute approximate surface area is 175 Å². The predicted octanol–water partition coefficient (Wildman–Crippen LogP) is 3.26. The molecule has 1 aromatic carbocycles. The first-order chi connectivity index (χ1) is 13.9. The zero-order chi connectivity index (χ0) is 21.3. The third-order valence-corrected chi connectivity index (χ3v) is 6.21. The highest BCUT2D eigenvalue weighted by molar-refractivity contribution is 8.17. The zero-order valence-corrected chi connectivity index (χ0v) is 18.1. The van der Waals surface area contributed by atoms with Crippen molar-refractivity contribution >= 4 is 22.8 Å². The van der Waals surface area contributed by atoms with Gasteiger partial charge >= 0.3 is 0 Å². The summed E-state index contributed by atoms with van der Waals surface area (Å²) in [6.07, 6.45) is 0. The fraction of sp³-hybridized carbons (Fsp3) is 0.381. The number of carbonyl (C=O) groups excluding carboxylic acids is 1. The van der Waals surface area contributed by atoms with Gasteiger partial charge in [0.2, 0.25) is 0 Å². The molecular weight excluding hydrogens is 386 g/mol. The van der Waals surface area contributed by atoms with Crippen molar-refractivity contribution in [1.29, 1.82) is 5.26 Å². The monoisotopic (exact) mass is 411 g/mol. The molecule has 2 heterocycles. The maximum absolute atomic E-state index is 13.5. The number of carbonyl (C=O) groups is 1. The van der Waals surface area contributed by atoms with E-state index < -0.39 is 6.04 Å². The Morgan fingerprint density at radius 2 is 2.07 bits per heavy atom. The van der Waals surface area contributed by atoms with Crippen LogP contribution in [0.1, 0.15) is 37.9 Å². The first-order valence-electron chi connectivity index (χ1n) is 9.48. The molecule has 1 amide bonds. The van der Waals surface area contributed by atoms with Crippen LogP contribution in [0, 0.1) is 18.3 Å². The highest BCUT2D eigenvalue weighted by Crippen LogP contribution is 2.46. The number of methoxy groups -OCH3 is 1. The number of ether oxygens (including phenoxy) is 1. The number of amidine groups is 1. The van der Waals surface area contributed by atoms with E-state index in [4.69, 9.17) is 10.5 Å². The number of hydrogen-bond donors (Lipinski definition) is 1. The fourth-order valence-electron chi connectivity index (χ4n) is 3.67. The SMILES string of the molecule is CCN(CC)C(=O)C1=C(C)N=C2SC(C#N)=C(N)N2[C@@H]1c1ccc(OC)cc1C. The third kappa shape index (κ3) is 3.47. The van der Waals surface area contributed by atoms with E-state index in [0.29, 0.717) is 40.3 Å². The van der Waals surface area contributed by atoms with Gasteiger partial charge in [-0.3, -0.25) is 9.69 Å². The Kier molecular flexibility index (Phi) is 5.89. The maximum atomic E-state index is 13.5. The molecule has 1 aromatic rings. The average molecular weight is 412 g/mol. The largest absolute Gasteiger partial charge is 0.497 e. The van der Waals surface area contributed by atoms with E-state index in [1.54, 1.807) is 12.0 Å². The van der Waals surface area contributed by atoms with Crippen molar-refractivity contribution in [3.8, 4) is 11.8 Å². The topological polar surface area (TPSA) is 95.0 Å². The van der Waals surface area contributed by atoms with E-state index in [0.717, 1.165) is 16.9 Å². The van der Waals surface area contributed by atoms with Crippen molar-refractivity contribution in [2.75, 3.05) is 20.2 Å². The number of hydrogen-bond acceptors (Lipinski definition) is 7. The number of allylic oxidation sites excluding steroid dienone is 2. The van der Waals surface area contributed by atoms with Crippen LogP contribution < -0.4 is 10.5 Å². The van der Waals surface area contributed by atoms with Crippen LogP contribution >= 0.6 is 11.8 Å². The highest BCUT2D eigenvalue weighted by atomic mass is 32.2. The molecule has 0 radical (unpaired) electrons. The number of nitrogens with two attached hydrogens (primary N) is 1. The number of amides is 1. The van der Waals surface area contributed by atoms with Gasteiger partial charge in [-0.15, -0.1) is 0 Å². The van der Waals surface area contributed by atoms with E-state index in [-0.39, 0.29) is 5.91 Å². The standard InChI is InChI=1S/C21H25N5O2S/c1-6-25(7-2)20(27)17-13(4)24-21-26(19(23)16(11-22)29-21)18(17)15-9-8-14(28-5)10-12(15)3/h8-10,18H,6-7,23H2,1-5H3/t18-/m1/s1. The maximum Gasteiger partial charge on any atom is 0.254 e. The summed E-state index contributed by atoms with van der Waals surface area (Å²) >= 11 is 1.24. The Morgan fingerprint density at radius 1 is 1.38 bits per heavy atom. The molecule has 152 valence electrons. The summed E-state index contributed by atoms with van der Waals surface area (Å²) in [7, 11) is 1.62. The van der Waals surface area contributed by atoms with E-state index in [2.05, 4.69) is 11.1 Å². The molecule has 29 heavy (non-hydrogen) atoms. The van der Waals surface area contributed by atoms with Gasteiger partial charge in [0.15, 0.2) is 5.17 Å². The van der Waals surface area contributed by atoms with Gasteiger partial charge < -0.3 is 15.4 Å². The van der Waals surface area contributed by atoms with Gasteiger partial charge in [-0.1, -0.05) is 6.07 Å². The lowest BCUT2D eigenvalue weighted by molar-refractivity contribution is -0.127. The molecule has 2 N–H and O–H groups in total. The van der Waals surface area contributed by atoms with Gasteiger partial charge in [0, 0.05) is 13.1 Å². The predicted molar refractivity (Wildman–Crippen MR) is 115 cm³/mol. The smallest absolute Gasteiger partial charge is 0.254 e. The number of rotatable bonds is 5. The lowest BCUT2D eigenvalue weighted by atomic mass is 9.90.